The first kappa shape index (κ1) is 16.6. The van der Waals surface area contributed by atoms with E-state index in [9.17, 15) is 4.39 Å². The summed E-state index contributed by atoms with van der Waals surface area (Å²) in [7, 11) is 0. The maximum atomic E-state index is 13.7. The van der Waals surface area contributed by atoms with Gasteiger partial charge in [-0.05, 0) is 31.5 Å². The molecule has 24 heavy (non-hydrogen) atoms. The lowest BCUT2D eigenvalue weighted by atomic mass is 10.0. The molecule has 3 aromatic rings. The number of halogens is 2. The Bertz CT molecular complexity index is 885. The van der Waals surface area contributed by atoms with Gasteiger partial charge < -0.3 is 0 Å². The summed E-state index contributed by atoms with van der Waals surface area (Å²) in [5.74, 6) is -0.414. The number of hydrazone groups is 1. The molecule has 0 saturated heterocycles. The Hall–Kier alpha value is -2.24. The molecule has 0 bridgehead atoms. The minimum atomic E-state index is -0.414. The van der Waals surface area contributed by atoms with Gasteiger partial charge in [-0.3, -0.25) is 5.43 Å². The summed E-state index contributed by atoms with van der Waals surface area (Å²) in [6.07, 6.45) is 1.36. The molecule has 122 valence electrons. The minimum Gasteiger partial charge on any atom is -0.253 e. The third-order valence-electron chi connectivity index (χ3n) is 3.52. The van der Waals surface area contributed by atoms with Crippen molar-refractivity contribution >= 4 is 34.3 Å². The lowest BCUT2D eigenvalue weighted by molar-refractivity contribution is 0.626. The van der Waals surface area contributed by atoms with Gasteiger partial charge in [0, 0.05) is 16.5 Å². The van der Waals surface area contributed by atoms with E-state index in [1.54, 1.807) is 12.1 Å². The van der Waals surface area contributed by atoms with Gasteiger partial charge in [0.2, 0.25) is 5.13 Å². The Kier molecular flexibility index (Phi) is 4.92. The second kappa shape index (κ2) is 7.11. The van der Waals surface area contributed by atoms with Crippen LogP contribution < -0.4 is 5.43 Å². The lowest BCUT2D eigenvalue weighted by Gasteiger charge is -2.03. The number of hydrogen-bond donors (Lipinski definition) is 1. The van der Waals surface area contributed by atoms with Gasteiger partial charge in [0.05, 0.1) is 16.9 Å². The summed E-state index contributed by atoms with van der Waals surface area (Å²) >= 11 is 7.39. The number of aryl methyl sites for hydroxylation is 2. The van der Waals surface area contributed by atoms with Crippen LogP contribution in [-0.2, 0) is 0 Å². The van der Waals surface area contributed by atoms with Crippen LogP contribution in [-0.4, -0.2) is 11.2 Å². The Labute approximate surface area is 148 Å². The Morgan fingerprint density at radius 1 is 1.25 bits per heavy atom. The molecule has 1 heterocycles. The normalized spacial score (nSPS) is 11.2. The monoisotopic (exact) mass is 359 g/mol. The van der Waals surface area contributed by atoms with Gasteiger partial charge in [-0.1, -0.05) is 41.4 Å². The maximum Gasteiger partial charge on any atom is 0.203 e. The molecule has 0 aliphatic rings. The summed E-state index contributed by atoms with van der Waals surface area (Å²) < 4.78 is 13.7. The number of nitrogens with one attached hydrogen (secondary N) is 1. The van der Waals surface area contributed by atoms with Crippen molar-refractivity contribution in [2.24, 2.45) is 5.10 Å². The first-order valence-electron chi connectivity index (χ1n) is 7.31. The quantitative estimate of drug-likeness (QED) is 0.481. The SMILES string of the molecule is Cc1ccc(-c2csc(N/N=C\c3c(F)cccc3Cl)n2)c(C)c1. The molecule has 0 aliphatic heterocycles. The van der Waals surface area contributed by atoms with Gasteiger partial charge in [0.15, 0.2) is 0 Å². The van der Waals surface area contributed by atoms with Gasteiger partial charge in [-0.25, -0.2) is 9.37 Å². The molecule has 0 aliphatic carbocycles. The van der Waals surface area contributed by atoms with E-state index < -0.39 is 5.82 Å². The van der Waals surface area contributed by atoms with E-state index >= 15 is 0 Å². The molecule has 0 amide bonds. The zero-order chi connectivity index (χ0) is 17.1. The lowest BCUT2D eigenvalue weighted by Crippen LogP contribution is -1.94. The molecular formula is C18H15ClFN3S. The van der Waals surface area contributed by atoms with Crippen LogP contribution in [0.3, 0.4) is 0 Å². The number of nitrogens with zero attached hydrogens (tertiary/aromatic N) is 2. The molecule has 0 unspecified atom stereocenters. The van der Waals surface area contributed by atoms with Crippen molar-refractivity contribution in [3.63, 3.8) is 0 Å². The largest absolute Gasteiger partial charge is 0.253 e. The number of hydrogen-bond acceptors (Lipinski definition) is 4. The highest BCUT2D eigenvalue weighted by atomic mass is 35.5. The fourth-order valence-corrected chi connectivity index (χ4v) is 3.21. The average molecular weight is 360 g/mol. The molecule has 0 atom stereocenters. The van der Waals surface area contributed by atoms with Crippen LogP contribution in [0.25, 0.3) is 11.3 Å². The van der Waals surface area contributed by atoms with Gasteiger partial charge in [0.1, 0.15) is 5.82 Å². The standard InChI is InChI=1S/C18H15ClFN3S/c1-11-6-7-13(12(2)8-11)17-10-24-18(22-17)23-21-9-14-15(19)4-3-5-16(14)20/h3-10H,1-2H3,(H,22,23)/b21-9-. The number of rotatable bonds is 4. The molecule has 0 fully saturated rings. The number of benzene rings is 2. The molecule has 1 N–H and O–H groups in total. The van der Waals surface area contributed by atoms with Crippen molar-refractivity contribution in [3.8, 4) is 11.3 Å². The van der Waals surface area contributed by atoms with Crippen LogP contribution in [0.15, 0.2) is 46.9 Å². The number of aromatic nitrogens is 1. The van der Waals surface area contributed by atoms with Crippen molar-refractivity contribution in [1.82, 2.24) is 4.98 Å². The first-order valence-corrected chi connectivity index (χ1v) is 8.56. The molecule has 0 radical (unpaired) electrons. The van der Waals surface area contributed by atoms with Crippen LogP contribution in [0.2, 0.25) is 5.02 Å². The second-order valence-electron chi connectivity index (χ2n) is 5.36. The van der Waals surface area contributed by atoms with Crippen molar-refractivity contribution in [2.75, 3.05) is 5.43 Å². The zero-order valence-corrected chi connectivity index (χ0v) is 14.7. The third-order valence-corrected chi connectivity index (χ3v) is 4.59. The van der Waals surface area contributed by atoms with Crippen LogP contribution >= 0.6 is 22.9 Å². The molecule has 0 spiro atoms. The first-order chi connectivity index (χ1) is 11.5. The maximum absolute atomic E-state index is 13.7. The number of anilines is 1. The minimum absolute atomic E-state index is 0.248. The van der Waals surface area contributed by atoms with Gasteiger partial charge >= 0.3 is 0 Å². The average Bonchev–Trinajstić information content (AvgIpc) is 2.99. The molecule has 1 aromatic heterocycles. The molecule has 2 aromatic carbocycles. The molecule has 6 heteroatoms. The summed E-state index contributed by atoms with van der Waals surface area (Å²) in [6, 6.07) is 10.8. The van der Waals surface area contributed by atoms with E-state index in [2.05, 4.69) is 47.6 Å². The fourth-order valence-electron chi connectivity index (χ4n) is 2.34. The summed E-state index contributed by atoms with van der Waals surface area (Å²) in [5.41, 5.74) is 7.44. The van der Waals surface area contributed by atoms with E-state index in [0.717, 1.165) is 11.3 Å². The van der Waals surface area contributed by atoms with Gasteiger partial charge in [-0.2, -0.15) is 5.10 Å². The molecule has 3 rings (SSSR count). The van der Waals surface area contributed by atoms with Crippen molar-refractivity contribution in [3.05, 3.63) is 69.3 Å². The summed E-state index contributed by atoms with van der Waals surface area (Å²) in [5, 5.41) is 6.94. The van der Waals surface area contributed by atoms with E-state index in [4.69, 9.17) is 11.6 Å². The Morgan fingerprint density at radius 2 is 2.08 bits per heavy atom. The van der Waals surface area contributed by atoms with E-state index in [0.29, 0.717) is 10.2 Å². The van der Waals surface area contributed by atoms with Crippen LogP contribution in [0, 0.1) is 19.7 Å². The van der Waals surface area contributed by atoms with Gasteiger partial charge in [0.25, 0.3) is 0 Å². The van der Waals surface area contributed by atoms with Crippen molar-refractivity contribution in [1.29, 1.82) is 0 Å². The third kappa shape index (κ3) is 3.63. The predicted octanol–water partition coefficient (Wildman–Crippen LogP) is 5.67. The fraction of sp³-hybridized carbons (Fsp3) is 0.111. The molecule has 0 saturated carbocycles. The smallest absolute Gasteiger partial charge is 0.203 e. The van der Waals surface area contributed by atoms with E-state index in [1.807, 2.05) is 5.38 Å². The highest BCUT2D eigenvalue weighted by molar-refractivity contribution is 7.14. The highest BCUT2D eigenvalue weighted by Crippen LogP contribution is 2.28. The topological polar surface area (TPSA) is 37.3 Å². The highest BCUT2D eigenvalue weighted by Gasteiger charge is 2.07. The predicted molar refractivity (Wildman–Crippen MR) is 99.7 cm³/mol. The zero-order valence-electron chi connectivity index (χ0n) is 13.2. The van der Waals surface area contributed by atoms with Crippen molar-refractivity contribution < 1.29 is 4.39 Å². The van der Waals surface area contributed by atoms with E-state index in [1.165, 1.54) is 34.7 Å². The van der Waals surface area contributed by atoms with Crippen LogP contribution in [0.1, 0.15) is 16.7 Å². The number of thiazole rings is 1. The summed E-state index contributed by atoms with van der Waals surface area (Å²) in [6.45, 7) is 4.13. The second-order valence-corrected chi connectivity index (χ2v) is 6.63. The van der Waals surface area contributed by atoms with Crippen LogP contribution in [0.4, 0.5) is 9.52 Å². The van der Waals surface area contributed by atoms with E-state index in [-0.39, 0.29) is 5.56 Å². The molecular weight excluding hydrogens is 345 g/mol. The summed E-state index contributed by atoms with van der Waals surface area (Å²) in [4.78, 5) is 4.51. The van der Waals surface area contributed by atoms with Crippen molar-refractivity contribution in [2.45, 2.75) is 13.8 Å². The Balaban J connectivity index is 1.76. The Morgan fingerprint density at radius 3 is 2.83 bits per heavy atom. The molecule has 3 nitrogen and oxygen atoms in total. The van der Waals surface area contributed by atoms with Gasteiger partial charge in [-0.15, -0.1) is 11.3 Å². The van der Waals surface area contributed by atoms with Crippen LogP contribution in [0.5, 0.6) is 0 Å².